The van der Waals surface area contributed by atoms with E-state index >= 15 is 0 Å². The highest BCUT2D eigenvalue weighted by Crippen LogP contribution is 2.58. The van der Waals surface area contributed by atoms with E-state index in [-0.39, 0.29) is 12.5 Å². The number of carbonyl (C=O) groups excluding carboxylic acids is 1. The van der Waals surface area contributed by atoms with Crippen molar-refractivity contribution in [2.75, 3.05) is 6.54 Å². The van der Waals surface area contributed by atoms with Gasteiger partial charge in [-0.05, 0) is 82.5 Å². The van der Waals surface area contributed by atoms with Crippen LogP contribution in [0.2, 0.25) is 0 Å². The highest BCUT2D eigenvalue weighted by atomic mass is 16.6. The maximum atomic E-state index is 11.8. The predicted octanol–water partition coefficient (Wildman–Crippen LogP) is 3.28. The van der Waals surface area contributed by atoms with Crippen LogP contribution in [0.25, 0.3) is 0 Å². The first-order valence-corrected chi connectivity index (χ1v) is 8.92. The Kier molecular flexibility index (Phi) is 4.32. The zero-order chi connectivity index (χ0) is 16.8. The Bertz CT molecular complexity index is 454. The molecule has 0 radical (unpaired) electrons. The van der Waals surface area contributed by atoms with E-state index in [0.717, 1.165) is 11.8 Å². The first-order valence-electron chi connectivity index (χ1n) is 8.92. The summed E-state index contributed by atoms with van der Waals surface area (Å²) in [7, 11) is 0. The van der Waals surface area contributed by atoms with Crippen LogP contribution in [0, 0.1) is 35.5 Å². The number of carboxylic acid groups (broad SMARTS) is 1. The molecule has 0 aliphatic heterocycles. The Morgan fingerprint density at radius 2 is 1.61 bits per heavy atom. The molecule has 0 saturated heterocycles. The molecule has 0 aromatic heterocycles. The van der Waals surface area contributed by atoms with Gasteiger partial charge in [0, 0.05) is 6.54 Å². The molecule has 0 aromatic carbocycles. The second-order valence-electron chi connectivity index (χ2n) is 8.84. The van der Waals surface area contributed by atoms with Crippen molar-refractivity contribution >= 4 is 12.1 Å². The van der Waals surface area contributed by atoms with Gasteiger partial charge in [-0.2, -0.15) is 0 Å². The van der Waals surface area contributed by atoms with Gasteiger partial charge in [-0.1, -0.05) is 0 Å². The molecule has 130 valence electrons. The van der Waals surface area contributed by atoms with E-state index in [2.05, 4.69) is 5.32 Å². The molecule has 0 spiro atoms. The first kappa shape index (κ1) is 16.6. The Hall–Kier alpha value is -1.26. The topological polar surface area (TPSA) is 75.6 Å². The summed E-state index contributed by atoms with van der Waals surface area (Å²) in [4.78, 5) is 23.7. The smallest absolute Gasteiger partial charge is 0.407 e. The molecule has 1 amide bonds. The van der Waals surface area contributed by atoms with Crippen molar-refractivity contribution in [2.45, 2.75) is 58.5 Å². The third kappa shape index (κ3) is 3.64. The summed E-state index contributed by atoms with van der Waals surface area (Å²) in [5.74, 6) is 1.66. The van der Waals surface area contributed by atoms with E-state index < -0.39 is 23.6 Å². The van der Waals surface area contributed by atoms with E-state index in [1.54, 1.807) is 20.8 Å². The van der Waals surface area contributed by atoms with Crippen LogP contribution >= 0.6 is 0 Å². The summed E-state index contributed by atoms with van der Waals surface area (Å²) in [5, 5.41) is 12.4. The molecule has 4 aliphatic carbocycles. The molecule has 2 N–H and O–H groups in total. The maximum Gasteiger partial charge on any atom is 0.407 e. The molecule has 4 saturated carbocycles. The summed E-state index contributed by atoms with van der Waals surface area (Å²) >= 11 is 0. The second kappa shape index (κ2) is 5.99. The average molecular weight is 323 g/mol. The Morgan fingerprint density at radius 1 is 1.09 bits per heavy atom. The Morgan fingerprint density at radius 3 is 2.04 bits per heavy atom. The number of carbonyl (C=O) groups is 2. The SMILES string of the molecule is CC(C)(C)OC(=O)NCC(C(=O)O)C1C2CC3CC(C2)CC1C3. The molecule has 5 heteroatoms. The number of carboxylic acids is 1. The number of nitrogens with one attached hydrogen (secondary N) is 1. The van der Waals surface area contributed by atoms with E-state index in [4.69, 9.17) is 4.74 Å². The van der Waals surface area contributed by atoms with Crippen LogP contribution in [0.1, 0.15) is 52.9 Å². The lowest BCUT2D eigenvalue weighted by atomic mass is 9.49. The number of ether oxygens (including phenoxy) is 1. The standard InChI is InChI=1S/C18H29NO4/c1-18(2,3)23-17(22)19-9-14(16(20)21)15-12-5-10-4-11(7-12)8-13(15)6-10/h10-15H,4-9H2,1-3H3,(H,19,22)(H,20,21). The van der Waals surface area contributed by atoms with Gasteiger partial charge in [-0.25, -0.2) is 4.79 Å². The van der Waals surface area contributed by atoms with Crippen molar-refractivity contribution in [3.63, 3.8) is 0 Å². The van der Waals surface area contributed by atoms with Gasteiger partial charge in [-0.3, -0.25) is 4.79 Å². The van der Waals surface area contributed by atoms with Gasteiger partial charge in [0.25, 0.3) is 0 Å². The summed E-state index contributed by atoms with van der Waals surface area (Å²) in [5.41, 5.74) is -0.564. The summed E-state index contributed by atoms with van der Waals surface area (Å²) in [6.07, 6.45) is 5.59. The van der Waals surface area contributed by atoms with Gasteiger partial charge >= 0.3 is 12.1 Å². The molecule has 5 nitrogen and oxygen atoms in total. The molecule has 23 heavy (non-hydrogen) atoms. The van der Waals surface area contributed by atoms with Crippen molar-refractivity contribution in [1.29, 1.82) is 0 Å². The highest BCUT2D eigenvalue weighted by molar-refractivity contribution is 5.73. The van der Waals surface area contributed by atoms with Crippen LogP contribution in [-0.4, -0.2) is 29.3 Å². The van der Waals surface area contributed by atoms with Crippen LogP contribution in [-0.2, 0) is 9.53 Å². The summed E-state index contributed by atoms with van der Waals surface area (Å²) in [6.45, 7) is 5.59. The predicted molar refractivity (Wildman–Crippen MR) is 85.9 cm³/mol. The van der Waals surface area contributed by atoms with Gasteiger partial charge in [0.2, 0.25) is 0 Å². The molecule has 4 aliphatic rings. The fraction of sp³-hybridized carbons (Fsp3) is 0.889. The number of rotatable bonds is 4. The average Bonchev–Trinajstić information content (AvgIpc) is 2.38. The van der Waals surface area contributed by atoms with Gasteiger partial charge in [0.15, 0.2) is 0 Å². The van der Waals surface area contributed by atoms with Crippen LogP contribution in [0.4, 0.5) is 4.79 Å². The Balaban J connectivity index is 1.63. The summed E-state index contributed by atoms with van der Waals surface area (Å²) < 4.78 is 5.23. The zero-order valence-corrected chi connectivity index (χ0v) is 14.4. The van der Waals surface area contributed by atoms with Gasteiger partial charge in [-0.15, -0.1) is 0 Å². The van der Waals surface area contributed by atoms with E-state index in [0.29, 0.717) is 11.8 Å². The zero-order valence-electron chi connectivity index (χ0n) is 14.4. The molecule has 0 heterocycles. The van der Waals surface area contributed by atoms with Gasteiger partial charge in [0.05, 0.1) is 5.92 Å². The monoisotopic (exact) mass is 323 g/mol. The minimum atomic E-state index is -0.779. The third-order valence-corrected chi connectivity index (χ3v) is 5.95. The lowest BCUT2D eigenvalue weighted by molar-refractivity contribution is -0.151. The van der Waals surface area contributed by atoms with Crippen LogP contribution in [0.15, 0.2) is 0 Å². The molecule has 1 unspecified atom stereocenters. The molecule has 1 atom stereocenters. The summed E-state index contributed by atoms with van der Waals surface area (Å²) in [6, 6.07) is 0. The first-order chi connectivity index (χ1) is 10.7. The lowest BCUT2D eigenvalue weighted by Crippen LogP contribution is -2.51. The number of hydrogen-bond acceptors (Lipinski definition) is 3. The number of alkyl carbamates (subject to hydrolysis) is 1. The fourth-order valence-electron chi connectivity index (χ4n) is 5.52. The van der Waals surface area contributed by atoms with Gasteiger partial charge < -0.3 is 15.2 Å². The lowest BCUT2D eigenvalue weighted by Gasteiger charge is -2.55. The van der Waals surface area contributed by atoms with Crippen LogP contribution in [0.3, 0.4) is 0 Å². The highest BCUT2D eigenvalue weighted by Gasteiger charge is 2.51. The van der Waals surface area contributed by atoms with Crippen molar-refractivity contribution < 1.29 is 19.4 Å². The Labute approximate surface area is 138 Å². The minimum Gasteiger partial charge on any atom is -0.481 e. The van der Waals surface area contributed by atoms with Crippen LogP contribution in [0.5, 0.6) is 0 Å². The largest absolute Gasteiger partial charge is 0.481 e. The van der Waals surface area contributed by atoms with Crippen molar-refractivity contribution in [1.82, 2.24) is 5.32 Å². The molecular weight excluding hydrogens is 294 g/mol. The normalized spacial score (nSPS) is 36.6. The third-order valence-electron chi connectivity index (χ3n) is 5.95. The van der Waals surface area contributed by atoms with E-state index in [1.807, 2.05) is 0 Å². The van der Waals surface area contributed by atoms with E-state index in [1.165, 1.54) is 32.1 Å². The van der Waals surface area contributed by atoms with Gasteiger partial charge in [0.1, 0.15) is 5.60 Å². The molecule has 4 fully saturated rings. The van der Waals surface area contributed by atoms with Crippen molar-refractivity contribution in [3.05, 3.63) is 0 Å². The van der Waals surface area contributed by atoms with Crippen molar-refractivity contribution in [3.8, 4) is 0 Å². The number of amides is 1. The van der Waals surface area contributed by atoms with Crippen LogP contribution < -0.4 is 5.32 Å². The number of aliphatic carboxylic acids is 1. The molecule has 4 rings (SSSR count). The molecule has 4 bridgehead atoms. The van der Waals surface area contributed by atoms with Crippen molar-refractivity contribution in [2.24, 2.45) is 35.5 Å². The maximum absolute atomic E-state index is 11.8. The molecular formula is C18H29NO4. The fourth-order valence-corrected chi connectivity index (χ4v) is 5.52. The number of hydrogen-bond donors (Lipinski definition) is 2. The van der Waals surface area contributed by atoms with E-state index in [9.17, 15) is 14.7 Å². The quantitative estimate of drug-likeness (QED) is 0.832. The molecule has 0 aromatic rings. The second-order valence-corrected chi connectivity index (χ2v) is 8.84. The minimum absolute atomic E-state index is 0.178.